The van der Waals surface area contributed by atoms with E-state index < -0.39 is 12.0 Å². The van der Waals surface area contributed by atoms with Crippen molar-refractivity contribution in [2.45, 2.75) is 96.9 Å². The van der Waals surface area contributed by atoms with E-state index in [0.29, 0.717) is 19.4 Å². The normalized spacial score (nSPS) is 12.5. The number of carboxylic acid groups (broad SMARTS) is 1. The lowest BCUT2D eigenvalue weighted by molar-refractivity contribution is -0.142. The number of unbranched alkanes of at least 4 members (excludes halogenated alkanes) is 7. The van der Waals surface area contributed by atoms with E-state index in [1.54, 1.807) is 0 Å². The van der Waals surface area contributed by atoms with Gasteiger partial charge in [0.15, 0.2) is 5.96 Å². The van der Waals surface area contributed by atoms with Crippen LogP contribution >= 0.6 is 12.4 Å². The second-order valence-corrected chi connectivity index (χ2v) is 7.25. The molecule has 28 heavy (non-hydrogen) atoms. The van der Waals surface area contributed by atoms with Crippen LogP contribution in [0.25, 0.3) is 0 Å². The van der Waals surface area contributed by atoms with Gasteiger partial charge in [-0.2, -0.15) is 0 Å². The van der Waals surface area contributed by atoms with Gasteiger partial charge >= 0.3 is 5.97 Å². The number of hydrogen-bond acceptors (Lipinski definition) is 3. The molecule has 0 saturated carbocycles. The molecule has 2 unspecified atom stereocenters. The minimum atomic E-state index is -1.02. The van der Waals surface area contributed by atoms with Crippen LogP contribution in [0.15, 0.2) is 0 Å². The molecule has 6 N–H and O–H groups in total. The maximum absolute atomic E-state index is 12.4. The van der Waals surface area contributed by atoms with Crippen LogP contribution in [0.3, 0.4) is 0 Å². The summed E-state index contributed by atoms with van der Waals surface area (Å²) in [6.45, 7) is 4.61. The summed E-state index contributed by atoms with van der Waals surface area (Å²) in [5.74, 6) is -1.44. The summed E-state index contributed by atoms with van der Waals surface area (Å²) in [4.78, 5) is 23.8. The molecule has 0 aliphatic heterocycles. The number of aliphatic carboxylic acids is 1. The average molecular weight is 421 g/mol. The van der Waals surface area contributed by atoms with E-state index in [4.69, 9.17) is 11.1 Å². The van der Waals surface area contributed by atoms with Crippen molar-refractivity contribution in [3.63, 3.8) is 0 Å². The summed E-state index contributed by atoms with van der Waals surface area (Å²) in [5, 5.41) is 21.7. The molecule has 0 saturated heterocycles. The number of carbonyl (C=O) groups excluding carboxylic acids is 1. The van der Waals surface area contributed by atoms with E-state index >= 15 is 0 Å². The summed E-state index contributed by atoms with van der Waals surface area (Å²) < 4.78 is 0. The van der Waals surface area contributed by atoms with Gasteiger partial charge in [-0.3, -0.25) is 10.2 Å². The summed E-state index contributed by atoms with van der Waals surface area (Å²) in [7, 11) is 0. The Morgan fingerprint density at radius 1 is 0.964 bits per heavy atom. The molecule has 0 bridgehead atoms. The first kappa shape index (κ1) is 28.7. The summed E-state index contributed by atoms with van der Waals surface area (Å²) in [5.41, 5.74) is 5.19. The Balaban J connectivity index is 0. The van der Waals surface area contributed by atoms with Gasteiger partial charge in [0.25, 0.3) is 0 Å². The predicted molar refractivity (Wildman–Crippen MR) is 117 cm³/mol. The molecule has 0 spiro atoms. The number of halogens is 1. The molecule has 0 aromatic heterocycles. The Kier molecular flexibility index (Phi) is 19.3. The van der Waals surface area contributed by atoms with Gasteiger partial charge in [0.2, 0.25) is 5.91 Å². The fraction of sp³-hybridized carbons (Fsp3) is 0.850. The monoisotopic (exact) mass is 420 g/mol. The van der Waals surface area contributed by atoms with E-state index in [-0.39, 0.29) is 30.2 Å². The second-order valence-electron chi connectivity index (χ2n) is 7.25. The zero-order valence-electron chi connectivity index (χ0n) is 17.6. The molecular formula is C20H41ClN4O3. The number of amides is 1. The molecule has 0 rings (SSSR count). The van der Waals surface area contributed by atoms with Crippen LogP contribution in [0, 0.1) is 11.3 Å². The Hall–Kier alpha value is -1.50. The SMILES string of the molecule is CCCCCCCCCCC(CC)C(=O)NC(CCCNC(=N)N)C(=O)O.Cl. The van der Waals surface area contributed by atoms with Gasteiger partial charge in [0, 0.05) is 12.5 Å². The Morgan fingerprint density at radius 2 is 1.54 bits per heavy atom. The highest BCUT2D eigenvalue weighted by Gasteiger charge is 2.23. The molecule has 0 aliphatic carbocycles. The molecule has 0 heterocycles. The molecular weight excluding hydrogens is 380 g/mol. The Morgan fingerprint density at radius 3 is 2.04 bits per heavy atom. The van der Waals surface area contributed by atoms with E-state index in [1.165, 1.54) is 38.5 Å². The fourth-order valence-electron chi connectivity index (χ4n) is 3.12. The number of carboxylic acids is 1. The number of hydrogen-bond donors (Lipinski definition) is 5. The van der Waals surface area contributed by atoms with E-state index in [2.05, 4.69) is 17.6 Å². The van der Waals surface area contributed by atoms with E-state index in [1.807, 2.05) is 6.92 Å². The first-order chi connectivity index (χ1) is 12.9. The van der Waals surface area contributed by atoms with Crippen LogP contribution in [-0.2, 0) is 9.59 Å². The van der Waals surface area contributed by atoms with Crippen LogP contribution in [0.1, 0.15) is 90.9 Å². The van der Waals surface area contributed by atoms with Crippen LogP contribution < -0.4 is 16.4 Å². The van der Waals surface area contributed by atoms with Gasteiger partial charge in [-0.05, 0) is 25.7 Å². The molecule has 0 fully saturated rings. The quantitative estimate of drug-likeness (QED) is 0.139. The Bertz CT molecular complexity index is 436. The van der Waals surface area contributed by atoms with Gasteiger partial charge < -0.3 is 21.5 Å². The van der Waals surface area contributed by atoms with Crippen LogP contribution in [0.4, 0.5) is 0 Å². The van der Waals surface area contributed by atoms with Crippen molar-refractivity contribution in [3.05, 3.63) is 0 Å². The van der Waals surface area contributed by atoms with Crippen molar-refractivity contribution in [1.29, 1.82) is 5.41 Å². The third-order valence-electron chi connectivity index (χ3n) is 4.87. The van der Waals surface area contributed by atoms with Gasteiger partial charge in [-0.25, -0.2) is 4.79 Å². The maximum Gasteiger partial charge on any atom is 0.326 e. The van der Waals surface area contributed by atoms with E-state index in [9.17, 15) is 14.7 Å². The number of rotatable bonds is 17. The van der Waals surface area contributed by atoms with Crippen LogP contribution in [-0.4, -0.2) is 35.5 Å². The highest BCUT2D eigenvalue weighted by Crippen LogP contribution is 2.16. The number of nitrogens with two attached hydrogens (primary N) is 1. The van der Waals surface area contributed by atoms with Crippen molar-refractivity contribution < 1.29 is 14.7 Å². The van der Waals surface area contributed by atoms with Crippen LogP contribution in [0.5, 0.6) is 0 Å². The van der Waals surface area contributed by atoms with Crippen molar-refractivity contribution in [2.75, 3.05) is 6.54 Å². The molecule has 2 atom stereocenters. The van der Waals surface area contributed by atoms with Crippen molar-refractivity contribution in [2.24, 2.45) is 11.7 Å². The lowest BCUT2D eigenvalue weighted by Crippen LogP contribution is -2.44. The Labute approximate surface area is 176 Å². The fourth-order valence-corrected chi connectivity index (χ4v) is 3.12. The van der Waals surface area contributed by atoms with E-state index in [0.717, 1.165) is 25.7 Å². The predicted octanol–water partition coefficient (Wildman–Crippen LogP) is 3.80. The average Bonchev–Trinajstić information content (AvgIpc) is 2.62. The first-order valence-corrected chi connectivity index (χ1v) is 10.5. The largest absolute Gasteiger partial charge is 0.480 e. The van der Waals surface area contributed by atoms with Gasteiger partial charge in [0.05, 0.1) is 0 Å². The zero-order chi connectivity index (χ0) is 20.5. The summed E-state index contributed by atoms with van der Waals surface area (Å²) in [6, 6.07) is -0.890. The topological polar surface area (TPSA) is 128 Å². The summed E-state index contributed by atoms with van der Waals surface area (Å²) in [6.07, 6.45) is 12.2. The molecule has 0 aromatic carbocycles. The second kappa shape index (κ2) is 18.8. The molecule has 0 radical (unpaired) electrons. The van der Waals surface area contributed by atoms with Crippen LogP contribution in [0.2, 0.25) is 0 Å². The highest BCUT2D eigenvalue weighted by atomic mass is 35.5. The standard InChI is InChI=1S/C20H40N4O3.ClH/c1-3-5-6-7-8-9-10-11-13-16(4-2)18(25)24-17(19(26)27)14-12-15-23-20(21)22;/h16-17H,3-15H2,1-2H3,(H,24,25)(H,26,27)(H4,21,22,23);1H. The molecule has 0 aliphatic rings. The lowest BCUT2D eigenvalue weighted by atomic mass is 9.96. The van der Waals surface area contributed by atoms with Gasteiger partial charge in [-0.15, -0.1) is 12.4 Å². The zero-order valence-corrected chi connectivity index (χ0v) is 18.4. The smallest absolute Gasteiger partial charge is 0.326 e. The lowest BCUT2D eigenvalue weighted by Gasteiger charge is -2.19. The van der Waals surface area contributed by atoms with Crippen molar-refractivity contribution in [3.8, 4) is 0 Å². The molecule has 0 aromatic rings. The number of guanidine groups is 1. The molecule has 1 amide bonds. The number of nitrogens with one attached hydrogen (secondary N) is 3. The maximum atomic E-state index is 12.4. The minimum absolute atomic E-state index is 0. The van der Waals surface area contributed by atoms with Crippen molar-refractivity contribution in [1.82, 2.24) is 10.6 Å². The van der Waals surface area contributed by atoms with Gasteiger partial charge in [-0.1, -0.05) is 65.2 Å². The third-order valence-corrected chi connectivity index (χ3v) is 4.87. The number of carbonyl (C=O) groups is 2. The summed E-state index contributed by atoms with van der Waals surface area (Å²) >= 11 is 0. The minimum Gasteiger partial charge on any atom is -0.480 e. The van der Waals surface area contributed by atoms with Gasteiger partial charge in [0.1, 0.15) is 6.04 Å². The third kappa shape index (κ3) is 15.5. The molecule has 8 heteroatoms. The van der Waals surface area contributed by atoms with Crippen molar-refractivity contribution >= 4 is 30.2 Å². The highest BCUT2D eigenvalue weighted by molar-refractivity contribution is 5.85. The molecule has 166 valence electrons. The first-order valence-electron chi connectivity index (χ1n) is 10.5. The molecule has 7 nitrogen and oxygen atoms in total.